The molecule has 0 aliphatic rings. The molecule has 0 unspecified atom stereocenters. The van der Waals surface area contributed by atoms with E-state index in [1.165, 1.54) is 0 Å². The zero-order valence-electron chi connectivity index (χ0n) is 13.8. The van der Waals surface area contributed by atoms with Crippen LogP contribution < -0.4 is 14.8 Å². The molecule has 0 aromatic heterocycles. The number of hydrogen-bond acceptors (Lipinski definition) is 3. The highest BCUT2D eigenvalue weighted by molar-refractivity contribution is 7.81. The lowest BCUT2D eigenvalue weighted by Crippen LogP contribution is -2.10. The van der Waals surface area contributed by atoms with Gasteiger partial charge in [0.25, 0.3) is 0 Å². The Hall–Kier alpha value is -2.07. The van der Waals surface area contributed by atoms with E-state index >= 15 is 0 Å². The molecular weight excluding hydrogens is 306 g/mol. The average molecular weight is 329 g/mol. The van der Waals surface area contributed by atoms with E-state index in [-0.39, 0.29) is 0 Å². The smallest absolute Gasteiger partial charge is 0.119 e. The normalized spacial score (nSPS) is 10.4. The molecule has 23 heavy (non-hydrogen) atoms. The molecule has 0 bridgehead atoms. The Morgan fingerprint density at radius 1 is 0.957 bits per heavy atom. The van der Waals surface area contributed by atoms with Gasteiger partial charge in [-0.05, 0) is 61.4 Å². The summed E-state index contributed by atoms with van der Waals surface area (Å²) in [4.78, 5) is 0.684. The Morgan fingerprint density at radius 2 is 1.52 bits per heavy atom. The van der Waals surface area contributed by atoms with E-state index in [9.17, 15) is 0 Å². The summed E-state index contributed by atoms with van der Waals surface area (Å²) in [5, 5.41) is 3.24. The van der Waals surface area contributed by atoms with Gasteiger partial charge in [0, 0.05) is 11.3 Å². The minimum Gasteiger partial charge on any atom is -0.494 e. The summed E-state index contributed by atoms with van der Waals surface area (Å²) in [5.74, 6) is 2.24. The number of hydrogen-bond donors (Lipinski definition) is 1. The van der Waals surface area contributed by atoms with E-state index in [0.29, 0.717) is 17.5 Å². The largest absolute Gasteiger partial charge is 0.494 e. The molecule has 2 aromatic carbocycles. The van der Waals surface area contributed by atoms with Gasteiger partial charge in [-0.1, -0.05) is 26.1 Å². The maximum atomic E-state index is 5.67. The SMILES string of the molecule is CCOc1ccc(C(=S)Nc2ccc(OCC(C)C)cc2)cc1. The minimum absolute atomic E-state index is 0.514. The van der Waals surface area contributed by atoms with Gasteiger partial charge in [0.2, 0.25) is 0 Å². The third-order valence-electron chi connectivity index (χ3n) is 3.12. The van der Waals surface area contributed by atoms with Crippen LogP contribution in [0.5, 0.6) is 11.5 Å². The monoisotopic (exact) mass is 329 g/mol. The number of ether oxygens (including phenoxy) is 2. The second-order valence-electron chi connectivity index (χ2n) is 5.64. The first-order valence-electron chi connectivity index (χ1n) is 7.85. The van der Waals surface area contributed by atoms with Crippen molar-refractivity contribution >= 4 is 22.9 Å². The lowest BCUT2D eigenvalue weighted by Gasteiger charge is -2.11. The predicted octanol–water partition coefficient (Wildman–Crippen LogP) is 4.91. The van der Waals surface area contributed by atoms with Crippen LogP contribution in [0, 0.1) is 5.92 Å². The maximum Gasteiger partial charge on any atom is 0.119 e. The van der Waals surface area contributed by atoms with Gasteiger partial charge in [0.15, 0.2) is 0 Å². The third kappa shape index (κ3) is 5.57. The van der Waals surface area contributed by atoms with Gasteiger partial charge in [0.1, 0.15) is 16.5 Å². The van der Waals surface area contributed by atoms with Gasteiger partial charge in [-0.15, -0.1) is 0 Å². The quantitative estimate of drug-likeness (QED) is 0.731. The molecule has 122 valence electrons. The minimum atomic E-state index is 0.514. The van der Waals surface area contributed by atoms with Crippen molar-refractivity contribution in [3.63, 3.8) is 0 Å². The van der Waals surface area contributed by atoms with Gasteiger partial charge in [-0.2, -0.15) is 0 Å². The summed E-state index contributed by atoms with van der Waals surface area (Å²) in [7, 11) is 0. The number of benzene rings is 2. The van der Waals surface area contributed by atoms with Gasteiger partial charge in [-0.3, -0.25) is 0 Å². The van der Waals surface area contributed by atoms with Crippen molar-refractivity contribution in [3.05, 3.63) is 54.1 Å². The van der Waals surface area contributed by atoms with Gasteiger partial charge >= 0.3 is 0 Å². The van der Waals surface area contributed by atoms with Crippen molar-refractivity contribution < 1.29 is 9.47 Å². The van der Waals surface area contributed by atoms with Crippen molar-refractivity contribution in [1.82, 2.24) is 0 Å². The molecule has 2 rings (SSSR count). The Morgan fingerprint density at radius 3 is 2.09 bits per heavy atom. The summed E-state index contributed by atoms with van der Waals surface area (Å²) in [6, 6.07) is 15.6. The van der Waals surface area contributed by atoms with Crippen LogP contribution in [0.1, 0.15) is 26.3 Å². The van der Waals surface area contributed by atoms with Crippen LogP contribution in [0.25, 0.3) is 0 Å². The fourth-order valence-electron chi connectivity index (χ4n) is 1.97. The summed E-state index contributed by atoms with van der Waals surface area (Å²) >= 11 is 5.45. The first-order chi connectivity index (χ1) is 11.1. The Balaban J connectivity index is 1.94. The molecule has 0 saturated heterocycles. The fraction of sp³-hybridized carbons (Fsp3) is 0.316. The van der Waals surface area contributed by atoms with Crippen molar-refractivity contribution in [2.45, 2.75) is 20.8 Å². The first kappa shape index (κ1) is 17.3. The van der Waals surface area contributed by atoms with Gasteiger partial charge < -0.3 is 14.8 Å². The highest BCUT2D eigenvalue weighted by Gasteiger charge is 2.03. The molecule has 0 saturated carbocycles. The van der Waals surface area contributed by atoms with E-state index in [2.05, 4.69) is 19.2 Å². The molecule has 0 aliphatic carbocycles. The maximum absolute atomic E-state index is 5.67. The fourth-order valence-corrected chi connectivity index (χ4v) is 2.22. The summed E-state index contributed by atoms with van der Waals surface area (Å²) < 4.78 is 11.1. The van der Waals surface area contributed by atoms with E-state index in [1.807, 2.05) is 55.5 Å². The Labute approximate surface area is 143 Å². The molecule has 0 heterocycles. The van der Waals surface area contributed by atoms with E-state index in [0.717, 1.165) is 29.4 Å². The molecular formula is C19H23NO2S. The van der Waals surface area contributed by atoms with Crippen LogP contribution >= 0.6 is 12.2 Å². The van der Waals surface area contributed by atoms with E-state index in [1.54, 1.807) is 0 Å². The Bertz CT molecular complexity index is 621. The molecule has 3 nitrogen and oxygen atoms in total. The molecule has 0 amide bonds. The van der Waals surface area contributed by atoms with Crippen molar-refractivity contribution in [2.24, 2.45) is 5.92 Å². The summed E-state index contributed by atoms with van der Waals surface area (Å²) in [5.41, 5.74) is 1.91. The molecule has 0 aliphatic heterocycles. The third-order valence-corrected chi connectivity index (χ3v) is 3.46. The van der Waals surface area contributed by atoms with Gasteiger partial charge in [0.05, 0.1) is 13.2 Å². The van der Waals surface area contributed by atoms with E-state index < -0.39 is 0 Å². The summed E-state index contributed by atoms with van der Waals surface area (Å²) in [6.07, 6.45) is 0. The number of rotatable bonds is 7. The molecule has 0 spiro atoms. The van der Waals surface area contributed by atoms with Crippen LogP contribution in [-0.2, 0) is 0 Å². The molecule has 4 heteroatoms. The Kier molecular flexibility index (Phi) is 6.41. The van der Waals surface area contributed by atoms with Crippen LogP contribution in [0.2, 0.25) is 0 Å². The topological polar surface area (TPSA) is 30.5 Å². The second kappa shape index (κ2) is 8.53. The molecule has 1 N–H and O–H groups in total. The van der Waals surface area contributed by atoms with E-state index in [4.69, 9.17) is 21.7 Å². The lowest BCUT2D eigenvalue weighted by atomic mass is 10.2. The highest BCUT2D eigenvalue weighted by atomic mass is 32.1. The summed E-state index contributed by atoms with van der Waals surface area (Å²) in [6.45, 7) is 7.61. The molecule has 0 atom stereocenters. The molecule has 2 aromatic rings. The van der Waals surface area contributed by atoms with Crippen molar-refractivity contribution in [3.8, 4) is 11.5 Å². The van der Waals surface area contributed by atoms with Gasteiger partial charge in [-0.25, -0.2) is 0 Å². The molecule has 0 radical (unpaired) electrons. The van der Waals surface area contributed by atoms with Crippen LogP contribution in [0.15, 0.2) is 48.5 Å². The van der Waals surface area contributed by atoms with Crippen molar-refractivity contribution in [1.29, 1.82) is 0 Å². The first-order valence-corrected chi connectivity index (χ1v) is 8.26. The second-order valence-corrected chi connectivity index (χ2v) is 6.05. The van der Waals surface area contributed by atoms with Crippen LogP contribution in [0.4, 0.5) is 5.69 Å². The van der Waals surface area contributed by atoms with Crippen molar-refractivity contribution in [2.75, 3.05) is 18.5 Å². The zero-order chi connectivity index (χ0) is 16.7. The average Bonchev–Trinajstić information content (AvgIpc) is 2.55. The van der Waals surface area contributed by atoms with Crippen LogP contribution in [0.3, 0.4) is 0 Å². The number of anilines is 1. The predicted molar refractivity (Wildman–Crippen MR) is 99.7 cm³/mol. The zero-order valence-corrected chi connectivity index (χ0v) is 14.7. The molecule has 0 fully saturated rings. The lowest BCUT2D eigenvalue weighted by molar-refractivity contribution is 0.271. The number of thiocarbonyl (C=S) groups is 1. The van der Waals surface area contributed by atoms with Crippen LogP contribution in [-0.4, -0.2) is 18.2 Å². The standard InChI is InChI=1S/C19H23NO2S/c1-4-21-17-9-5-15(6-10-17)19(23)20-16-7-11-18(12-8-16)22-13-14(2)3/h5-12,14H,4,13H2,1-3H3,(H,20,23). The highest BCUT2D eigenvalue weighted by Crippen LogP contribution is 2.18. The number of nitrogens with one attached hydrogen (secondary N) is 1.